The largest absolute Gasteiger partial charge is 0.383 e. The van der Waals surface area contributed by atoms with E-state index >= 15 is 0 Å². The summed E-state index contributed by atoms with van der Waals surface area (Å²) in [7, 11) is 1.67. The number of ether oxygens (including phenoxy) is 1. The summed E-state index contributed by atoms with van der Waals surface area (Å²) in [5.74, 6) is 6.29. The average molecular weight is 257 g/mol. The van der Waals surface area contributed by atoms with E-state index in [0.29, 0.717) is 13.2 Å². The first kappa shape index (κ1) is 15.2. The number of aliphatic imine (C=N–C) groups is 1. The minimum atomic E-state index is 0.232. The van der Waals surface area contributed by atoms with E-state index in [0.717, 1.165) is 32.1 Å². The Kier molecular flexibility index (Phi) is 5.84. The quantitative estimate of drug-likeness (QED) is 0.242. The minimum absolute atomic E-state index is 0.232. The van der Waals surface area contributed by atoms with Crippen LogP contribution in [0.4, 0.5) is 0 Å². The molecule has 0 spiro atoms. The first-order valence-electron chi connectivity index (χ1n) is 6.49. The summed E-state index contributed by atoms with van der Waals surface area (Å²) in [5, 5.41) is 0. The van der Waals surface area contributed by atoms with Gasteiger partial charge in [0.25, 0.3) is 0 Å². The Morgan fingerprint density at radius 2 is 1.89 bits per heavy atom. The molecule has 6 heteroatoms. The molecule has 0 atom stereocenters. The number of methoxy groups -OCH3 is 1. The highest BCUT2D eigenvalue weighted by Gasteiger charge is 2.26. The van der Waals surface area contributed by atoms with Crippen LogP contribution in [0.3, 0.4) is 0 Å². The van der Waals surface area contributed by atoms with Crippen molar-refractivity contribution in [3.8, 4) is 0 Å². The zero-order valence-electron chi connectivity index (χ0n) is 12.1. The smallest absolute Gasteiger partial charge is 0.208 e. The van der Waals surface area contributed by atoms with E-state index in [9.17, 15) is 0 Å². The third-order valence-electron chi connectivity index (χ3n) is 3.21. The Morgan fingerprint density at radius 3 is 2.33 bits per heavy atom. The van der Waals surface area contributed by atoms with Crippen molar-refractivity contribution in [2.24, 2.45) is 10.8 Å². The van der Waals surface area contributed by atoms with E-state index in [2.05, 4.69) is 41.0 Å². The third-order valence-corrected chi connectivity index (χ3v) is 3.21. The molecule has 0 amide bonds. The van der Waals surface area contributed by atoms with Gasteiger partial charge in [-0.15, -0.1) is 0 Å². The summed E-state index contributed by atoms with van der Waals surface area (Å²) >= 11 is 0. The number of guanidine groups is 1. The highest BCUT2D eigenvalue weighted by atomic mass is 16.5. The predicted octanol–water partition coefficient (Wildman–Crippen LogP) is -0.132. The van der Waals surface area contributed by atoms with Gasteiger partial charge < -0.3 is 9.64 Å². The van der Waals surface area contributed by atoms with E-state index < -0.39 is 0 Å². The fourth-order valence-corrected chi connectivity index (χ4v) is 2.07. The van der Waals surface area contributed by atoms with Crippen LogP contribution in [-0.4, -0.2) is 67.7 Å². The van der Waals surface area contributed by atoms with E-state index in [4.69, 9.17) is 10.6 Å². The van der Waals surface area contributed by atoms with Crippen LogP contribution in [0, 0.1) is 0 Å². The van der Waals surface area contributed by atoms with Crippen molar-refractivity contribution in [2.45, 2.75) is 26.3 Å². The lowest BCUT2D eigenvalue weighted by Crippen LogP contribution is -2.57. The summed E-state index contributed by atoms with van der Waals surface area (Å²) in [4.78, 5) is 9.08. The van der Waals surface area contributed by atoms with Gasteiger partial charge in [0.05, 0.1) is 13.2 Å². The van der Waals surface area contributed by atoms with Gasteiger partial charge in [0.2, 0.25) is 5.96 Å². The van der Waals surface area contributed by atoms with Crippen LogP contribution in [0.2, 0.25) is 0 Å². The molecule has 3 N–H and O–H groups in total. The van der Waals surface area contributed by atoms with Gasteiger partial charge in [-0.05, 0) is 20.8 Å². The Labute approximate surface area is 110 Å². The van der Waals surface area contributed by atoms with Crippen molar-refractivity contribution < 1.29 is 4.74 Å². The Hall–Kier alpha value is -0.850. The lowest BCUT2D eigenvalue weighted by atomic mass is 10.1. The van der Waals surface area contributed by atoms with Crippen molar-refractivity contribution in [3.63, 3.8) is 0 Å². The van der Waals surface area contributed by atoms with Crippen molar-refractivity contribution in [1.29, 1.82) is 0 Å². The molecule has 1 aliphatic heterocycles. The molecule has 1 fully saturated rings. The monoisotopic (exact) mass is 257 g/mol. The number of piperazine rings is 1. The van der Waals surface area contributed by atoms with Gasteiger partial charge >= 0.3 is 0 Å². The second-order valence-corrected chi connectivity index (χ2v) is 5.49. The lowest BCUT2D eigenvalue weighted by Gasteiger charge is -2.42. The summed E-state index contributed by atoms with van der Waals surface area (Å²) < 4.78 is 4.98. The maximum Gasteiger partial charge on any atom is 0.208 e. The topological polar surface area (TPSA) is 66.1 Å². The summed E-state index contributed by atoms with van der Waals surface area (Å²) in [6.07, 6.45) is 0. The molecule has 1 saturated heterocycles. The molecule has 106 valence electrons. The Bertz CT molecular complexity index is 266. The van der Waals surface area contributed by atoms with Crippen LogP contribution in [0.1, 0.15) is 20.8 Å². The molecule has 1 aliphatic rings. The average Bonchev–Trinajstić information content (AvgIpc) is 2.34. The normalized spacial score (nSPS) is 19.2. The molecule has 1 heterocycles. The molecule has 0 radical (unpaired) electrons. The molecule has 0 aliphatic carbocycles. The van der Waals surface area contributed by atoms with Gasteiger partial charge in [-0.2, -0.15) is 0 Å². The number of hydrogen-bond donors (Lipinski definition) is 2. The molecular formula is C12H27N5O. The molecule has 0 aromatic rings. The Morgan fingerprint density at radius 1 is 1.28 bits per heavy atom. The zero-order chi connectivity index (χ0) is 13.6. The minimum Gasteiger partial charge on any atom is -0.383 e. The molecule has 6 nitrogen and oxygen atoms in total. The zero-order valence-corrected chi connectivity index (χ0v) is 12.1. The van der Waals surface area contributed by atoms with Crippen LogP contribution >= 0.6 is 0 Å². The van der Waals surface area contributed by atoms with Gasteiger partial charge in [0.15, 0.2) is 0 Å². The van der Waals surface area contributed by atoms with Gasteiger partial charge in [0.1, 0.15) is 0 Å². The van der Waals surface area contributed by atoms with Crippen LogP contribution in [0.25, 0.3) is 0 Å². The maximum atomic E-state index is 5.53. The van der Waals surface area contributed by atoms with E-state index in [1.807, 2.05) is 0 Å². The molecule has 0 unspecified atom stereocenters. The number of rotatable bonds is 3. The molecule has 18 heavy (non-hydrogen) atoms. The number of hydrogen-bond acceptors (Lipinski definition) is 4. The molecule has 1 rings (SSSR count). The van der Waals surface area contributed by atoms with Crippen molar-refractivity contribution in [2.75, 3.05) is 46.4 Å². The van der Waals surface area contributed by atoms with Gasteiger partial charge in [-0.25, -0.2) is 10.8 Å². The highest BCUT2D eigenvalue weighted by molar-refractivity contribution is 5.79. The number of hydrazine groups is 1. The van der Waals surface area contributed by atoms with Crippen LogP contribution in [0.15, 0.2) is 4.99 Å². The molecule has 0 bridgehead atoms. The fraction of sp³-hybridized carbons (Fsp3) is 0.917. The Balaban J connectivity index is 2.47. The summed E-state index contributed by atoms with van der Waals surface area (Å²) in [6.45, 7) is 12.0. The lowest BCUT2D eigenvalue weighted by molar-refractivity contribution is 0.0869. The van der Waals surface area contributed by atoms with Crippen LogP contribution in [-0.2, 0) is 4.74 Å². The van der Waals surface area contributed by atoms with Crippen molar-refractivity contribution in [3.05, 3.63) is 0 Å². The molecular weight excluding hydrogens is 230 g/mol. The van der Waals surface area contributed by atoms with Crippen LogP contribution < -0.4 is 11.3 Å². The van der Waals surface area contributed by atoms with Crippen LogP contribution in [0.5, 0.6) is 0 Å². The predicted molar refractivity (Wildman–Crippen MR) is 74.4 cm³/mol. The van der Waals surface area contributed by atoms with Gasteiger partial charge in [-0.1, -0.05) is 0 Å². The standard InChI is InChI=1S/C12H27N5O/c1-12(2,3)17-8-6-16(7-9-17)11(15-13)14-5-10-18-4/h5-10,13H2,1-4H3,(H,14,15). The van der Waals surface area contributed by atoms with E-state index in [-0.39, 0.29) is 5.54 Å². The molecule has 0 aromatic carbocycles. The second kappa shape index (κ2) is 6.92. The first-order valence-corrected chi connectivity index (χ1v) is 6.49. The summed E-state index contributed by atoms with van der Waals surface area (Å²) in [5.41, 5.74) is 2.92. The number of nitrogens with two attached hydrogens (primary N) is 1. The number of nitrogens with zero attached hydrogens (tertiary/aromatic N) is 3. The van der Waals surface area contributed by atoms with Crippen molar-refractivity contribution in [1.82, 2.24) is 15.2 Å². The van der Waals surface area contributed by atoms with Gasteiger partial charge in [0, 0.05) is 38.8 Å². The third kappa shape index (κ3) is 4.44. The second-order valence-electron chi connectivity index (χ2n) is 5.49. The van der Waals surface area contributed by atoms with Gasteiger partial charge in [-0.3, -0.25) is 10.3 Å². The fourth-order valence-electron chi connectivity index (χ4n) is 2.07. The first-order chi connectivity index (χ1) is 8.49. The van der Waals surface area contributed by atoms with E-state index in [1.165, 1.54) is 0 Å². The van der Waals surface area contributed by atoms with E-state index in [1.54, 1.807) is 7.11 Å². The van der Waals surface area contributed by atoms with Crippen molar-refractivity contribution >= 4 is 5.96 Å². The highest BCUT2D eigenvalue weighted by Crippen LogP contribution is 2.15. The number of nitrogens with one attached hydrogen (secondary N) is 1. The maximum absolute atomic E-state index is 5.53. The summed E-state index contributed by atoms with van der Waals surface area (Å²) in [6, 6.07) is 0. The SMILES string of the molecule is COCCN=C(NN)N1CCN(C(C)(C)C)CC1. The molecule has 0 saturated carbocycles. The molecule has 0 aromatic heterocycles.